The molecule has 128 valence electrons. The molecule has 0 spiro atoms. The molecule has 0 aliphatic carbocycles. The highest BCUT2D eigenvalue weighted by molar-refractivity contribution is 7.73. The second kappa shape index (κ2) is 8.75. The summed E-state index contributed by atoms with van der Waals surface area (Å²) in [6.45, 7) is 0.673. The fraction of sp³-hybridized carbons (Fsp3) is 1.00. The highest BCUT2D eigenvalue weighted by atomic mass is 31.2. The van der Waals surface area contributed by atoms with Crippen LogP contribution in [0.3, 0.4) is 0 Å². The highest BCUT2D eigenvalue weighted by Gasteiger charge is 2.65. The van der Waals surface area contributed by atoms with Crippen molar-refractivity contribution in [3.63, 3.8) is 0 Å². The molecule has 21 heavy (non-hydrogen) atoms. The molecule has 0 bridgehead atoms. The van der Waals surface area contributed by atoms with Gasteiger partial charge in [-0.3, -0.25) is 9.13 Å². The van der Waals surface area contributed by atoms with E-state index in [1.165, 1.54) is 35.5 Å². The molecule has 0 unspecified atom stereocenters. The molecule has 8 nitrogen and oxygen atoms in total. The predicted octanol–water partition coefficient (Wildman–Crippen LogP) is 2.60. The minimum atomic E-state index is -3.89. The zero-order chi connectivity index (χ0) is 16.7. The third kappa shape index (κ3) is 4.15. The van der Waals surface area contributed by atoms with Gasteiger partial charge in [-0.1, -0.05) is 0 Å². The first-order chi connectivity index (χ1) is 9.72. The lowest BCUT2D eigenvalue weighted by atomic mass is 10.3. The molecule has 0 aromatic heterocycles. The van der Waals surface area contributed by atoms with Crippen LogP contribution in [0.4, 0.5) is 0 Å². The number of methoxy groups -OCH3 is 1. The minimum Gasteiger partial charge on any atom is -0.355 e. The van der Waals surface area contributed by atoms with Crippen LogP contribution in [0.25, 0.3) is 0 Å². The van der Waals surface area contributed by atoms with Crippen LogP contribution in [-0.4, -0.2) is 66.2 Å². The van der Waals surface area contributed by atoms with E-state index in [9.17, 15) is 9.13 Å². The van der Waals surface area contributed by atoms with Crippen molar-refractivity contribution in [2.75, 3.05) is 56.2 Å². The SMILES string of the molecule is COC(CCCN(C)C)(P(=O)(OC)OC)P(=O)(OC)OC. The first kappa shape index (κ1) is 21.2. The first-order valence-electron chi connectivity index (χ1n) is 6.35. The van der Waals surface area contributed by atoms with Crippen molar-refractivity contribution >= 4 is 15.2 Å². The van der Waals surface area contributed by atoms with Gasteiger partial charge in [0.15, 0.2) is 0 Å². The quantitative estimate of drug-likeness (QED) is 0.528. The van der Waals surface area contributed by atoms with Gasteiger partial charge in [-0.05, 0) is 27.1 Å². The Morgan fingerprint density at radius 2 is 1.24 bits per heavy atom. The van der Waals surface area contributed by atoms with E-state index in [0.29, 0.717) is 13.0 Å². The molecule has 0 saturated heterocycles. The largest absolute Gasteiger partial charge is 0.374 e. The molecule has 0 aromatic rings. The van der Waals surface area contributed by atoms with E-state index in [1.54, 1.807) is 0 Å². The Morgan fingerprint density at radius 3 is 1.48 bits per heavy atom. The molecule has 0 rings (SSSR count). The molecule has 0 amide bonds. The van der Waals surface area contributed by atoms with E-state index in [-0.39, 0.29) is 6.42 Å². The van der Waals surface area contributed by atoms with Crippen molar-refractivity contribution in [2.24, 2.45) is 0 Å². The second-order valence-corrected chi connectivity index (χ2v) is 9.83. The number of hydrogen-bond acceptors (Lipinski definition) is 8. The van der Waals surface area contributed by atoms with E-state index in [1.807, 2.05) is 19.0 Å². The van der Waals surface area contributed by atoms with Gasteiger partial charge in [0.1, 0.15) is 0 Å². The molecule has 0 aromatic carbocycles. The smallest absolute Gasteiger partial charge is 0.355 e. The van der Waals surface area contributed by atoms with Crippen LogP contribution in [0.1, 0.15) is 12.8 Å². The van der Waals surface area contributed by atoms with Crippen LogP contribution in [0, 0.1) is 0 Å². The van der Waals surface area contributed by atoms with Crippen LogP contribution in [0.15, 0.2) is 0 Å². The van der Waals surface area contributed by atoms with Crippen molar-refractivity contribution in [3.8, 4) is 0 Å². The lowest BCUT2D eigenvalue weighted by Gasteiger charge is -2.39. The molecule has 0 heterocycles. The Morgan fingerprint density at radius 1 is 0.857 bits per heavy atom. The summed E-state index contributed by atoms with van der Waals surface area (Å²) in [5, 5.41) is -1.82. The zero-order valence-electron chi connectivity index (χ0n) is 13.8. The summed E-state index contributed by atoms with van der Waals surface area (Å²) in [5.74, 6) is 0. The van der Waals surface area contributed by atoms with Gasteiger partial charge >= 0.3 is 15.2 Å². The van der Waals surface area contributed by atoms with Gasteiger partial charge in [0.05, 0.1) is 0 Å². The predicted molar refractivity (Wildman–Crippen MR) is 80.8 cm³/mol. The molecule has 0 fully saturated rings. The number of ether oxygens (including phenoxy) is 1. The topological polar surface area (TPSA) is 83.5 Å². The van der Waals surface area contributed by atoms with E-state index >= 15 is 0 Å². The maximum Gasteiger partial charge on any atom is 0.374 e. The van der Waals surface area contributed by atoms with E-state index in [2.05, 4.69) is 0 Å². The average molecular weight is 347 g/mol. The normalized spacial score (nSPS) is 13.9. The van der Waals surface area contributed by atoms with E-state index in [0.717, 1.165) is 0 Å². The molecular weight excluding hydrogens is 320 g/mol. The Bertz CT molecular complexity index is 360. The number of rotatable bonds is 11. The average Bonchev–Trinajstić information content (AvgIpc) is 2.49. The van der Waals surface area contributed by atoms with Crippen molar-refractivity contribution in [3.05, 3.63) is 0 Å². The molecular formula is C11H27NO7P2. The summed E-state index contributed by atoms with van der Waals surface area (Å²) in [5.41, 5.74) is 0. The fourth-order valence-electron chi connectivity index (χ4n) is 2.09. The summed E-state index contributed by atoms with van der Waals surface area (Å²) >= 11 is 0. The van der Waals surface area contributed by atoms with Gasteiger partial charge in [0.2, 0.25) is 0 Å². The summed E-state index contributed by atoms with van der Waals surface area (Å²) in [6, 6.07) is 0. The Labute approximate surface area is 127 Å². The lowest BCUT2D eigenvalue weighted by Crippen LogP contribution is -2.35. The van der Waals surface area contributed by atoms with Crippen LogP contribution in [0.5, 0.6) is 0 Å². The number of hydrogen-bond donors (Lipinski definition) is 0. The molecule has 10 heteroatoms. The molecule has 0 aliphatic rings. The molecule has 0 radical (unpaired) electrons. The van der Waals surface area contributed by atoms with Crippen molar-refractivity contribution < 1.29 is 32.0 Å². The van der Waals surface area contributed by atoms with Crippen LogP contribution in [0.2, 0.25) is 0 Å². The van der Waals surface area contributed by atoms with E-state index in [4.69, 9.17) is 22.8 Å². The van der Waals surface area contributed by atoms with Crippen molar-refractivity contribution in [1.29, 1.82) is 0 Å². The highest BCUT2D eigenvalue weighted by Crippen LogP contribution is 2.78. The van der Waals surface area contributed by atoms with Gasteiger partial charge < -0.3 is 27.7 Å². The van der Waals surface area contributed by atoms with Crippen LogP contribution < -0.4 is 0 Å². The van der Waals surface area contributed by atoms with Crippen molar-refractivity contribution in [2.45, 2.75) is 17.9 Å². The summed E-state index contributed by atoms with van der Waals surface area (Å²) < 4.78 is 51.3. The fourth-order valence-corrected chi connectivity index (χ4v) is 7.02. The standard InChI is InChI=1S/C11H27NO7P2/c1-12(2)10-8-9-11(15-3,20(13,16-4)17-5)21(14,18-6)19-7/h8-10H2,1-7H3. The molecule has 0 saturated carbocycles. The Balaban J connectivity index is 5.82. The number of nitrogens with zero attached hydrogens (tertiary/aromatic N) is 1. The van der Waals surface area contributed by atoms with E-state index < -0.39 is 20.3 Å². The summed E-state index contributed by atoms with van der Waals surface area (Å²) in [4.78, 5) is 1.94. The third-order valence-electron chi connectivity index (χ3n) is 3.25. The monoisotopic (exact) mass is 347 g/mol. The second-order valence-electron chi connectivity index (χ2n) is 4.58. The van der Waals surface area contributed by atoms with Gasteiger partial charge in [0.25, 0.3) is 5.08 Å². The van der Waals surface area contributed by atoms with Gasteiger partial charge in [-0.25, -0.2) is 0 Å². The summed E-state index contributed by atoms with van der Waals surface area (Å²) in [6.07, 6.45) is 0.661. The Hall–Kier alpha value is 0.220. The summed E-state index contributed by atoms with van der Waals surface area (Å²) in [7, 11) is 2.13. The van der Waals surface area contributed by atoms with Crippen LogP contribution >= 0.6 is 15.2 Å². The third-order valence-corrected chi connectivity index (χ3v) is 9.17. The maximum atomic E-state index is 12.9. The molecule has 0 aliphatic heterocycles. The van der Waals surface area contributed by atoms with Crippen LogP contribution in [-0.2, 0) is 32.0 Å². The van der Waals surface area contributed by atoms with Gasteiger partial charge in [-0.2, -0.15) is 0 Å². The van der Waals surface area contributed by atoms with Crippen molar-refractivity contribution in [1.82, 2.24) is 4.90 Å². The Kier molecular flexibility index (Phi) is 8.84. The zero-order valence-corrected chi connectivity index (χ0v) is 15.6. The molecule has 0 N–H and O–H groups in total. The lowest BCUT2D eigenvalue weighted by molar-refractivity contribution is 0.0522. The molecule has 0 atom stereocenters. The minimum absolute atomic E-state index is 0.125. The van der Waals surface area contributed by atoms with Gasteiger partial charge in [-0.15, -0.1) is 0 Å². The maximum absolute atomic E-state index is 12.9. The van der Waals surface area contributed by atoms with Gasteiger partial charge in [0, 0.05) is 42.0 Å². The first-order valence-corrected chi connectivity index (χ1v) is 9.44.